The molecule has 0 unspecified atom stereocenters. The number of hydrogen-bond acceptors (Lipinski definition) is 5. The first-order valence-electron chi connectivity index (χ1n) is 9.28. The van der Waals surface area contributed by atoms with Crippen molar-refractivity contribution in [3.05, 3.63) is 40.8 Å². The van der Waals surface area contributed by atoms with Crippen molar-refractivity contribution in [1.82, 2.24) is 9.21 Å². The third-order valence-electron chi connectivity index (χ3n) is 5.48. The van der Waals surface area contributed by atoms with Crippen molar-refractivity contribution in [2.24, 2.45) is 5.92 Å². The summed E-state index contributed by atoms with van der Waals surface area (Å²) in [6.45, 7) is 1.44. The molecule has 0 atom stereocenters. The maximum absolute atomic E-state index is 13.0. The van der Waals surface area contributed by atoms with Gasteiger partial charge in [0.05, 0.1) is 4.90 Å². The molecule has 1 amide bonds. The number of amides is 1. The van der Waals surface area contributed by atoms with Crippen LogP contribution in [0.4, 0.5) is 0 Å². The number of fused-ring (bicyclic) bond motifs is 1. The lowest BCUT2D eigenvalue weighted by Gasteiger charge is -2.35. The summed E-state index contributed by atoms with van der Waals surface area (Å²) in [6, 6.07) is 7.30. The van der Waals surface area contributed by atoms with E-state index < -0.39 is 15.6 Å². The summed E-state index contributed by atoms with van der Waals surface area (Å²) in [7, 11) is -3.66. The van der Waals surface area contributed by atoms with E-state index in [-0.39, 0.29) is 16.7 Å². The largest absolute Gasteiger partial charge is 0.423 e. The Hall–Kier alpha value is -2.19. The fraction of sp³-hybridized carbons (Fsp3) is 0.474. The minimum atomic E-state index is -3.66. The number of rotatable bonds is 3. The lowest BCUT2D eigenvalue weighted by molar-refractivity contribution is -0.136. The Morgan fingerprint density at radius 3 is 2.41 bits per heavy atom. The number of sulfonamides is 1. The molecule has 2 heterocycles. The monoisotopic (exact) mass is 390 g/mol. The van der Waals surface area contributed by atoms with E-state index in [4.69, 9.17) is 4.42 Å². The van der Waals surface area contributed by atoms with Crippen molar-refractivity contribution in [2.45, 2.75) is 30.6 Å². The van der Waals surface area contributed by atoms with Gasteiger partial charge < -0.3 is 9.32 Å². The molecule has 0 N–H and O–H groups in total. The van der Waals surface area contributed by atoms with Crippen LogP contribution in [0.3, 0.4) is 0 Å². The SMILES string of the molecule is O=C(C1CCCC1)N1CCN(S(=O)(=O)c2ccc3oc(=O)ccc3c2)CC1. The number of benzene rings is 1. The highest BCUT2D eigenvalue weighted by Gasteiger charge is 2.33. The standard InChI is InChI=1S/C19H22N2O5S/c22-18-8-5-15-13-16(6-7-17(15)26-18)27(24,25)21-11-9-20(10-12-21)19(23)14-3-1-2-4-14/h5-8,13-14H,1-4,9-12H2. The fourth-order valence-corrected chi connectivity index (χ4v) is 5.40. The molecule has 1 saturated heterocycles. The summed E-state index contributed by atoms with van der Waals surface area (Å²) in [6.07, 6.45) is 4.11. The van der Waals surface area contributed by atoms with Crippen LogP contribution in [0.5, 0.6) is 0 Å². The first-order chi connectivity index (χ1) is 12.9. The minimum Gasteiger partial charge on any atom is -0.423 e. The van der Waals surface area contributed by atoms with E-state index >= 15 is 0 Å². The zero-order chi connectivity index (χ0) is 19.0. The Bertz CT molecular complexity index is 1020. The Morgan fingerprint density at radius 2 is 1.70 bits per heavy atom. The highest BCUT2D eigenvalue weighted by atomic mass is 32.2. The smallest absolute Gasteiger partial charge is 0.336 e. The van der Waals surface area contributed by atoms with Gasteiger partial charge in [-0.1, -0.05) is 12.8 Å². The maximum Gasteiger partial charge on any atom is 0.336 e. The van der Waals surface area contributed by atoms with Gasteiger partial charge in [-0.15, -0.1) is 0 Å². The average molecular weight is 390 g/mol. The molecule has 0 radical (unpaired) electrons. The summed E-state index contributed by atoms with van der Waals surface area (Å²) >= 11 is 0. The third kappa shape index (κ3) is 3.51. The number of nitrogens with zero attached hydrogens (tertiary/aromatic N) is 2. The quantitative estimate of drug-likeness (QED) is 0.746. The molecule has 0 spiro atoms. The van der Waals surface area contributed by atoms with Crippen LogP contribution in [0.25, 0.3) is 11.0 Å². The van der Waals surface area contributed by atoms with Gasteiger partial charge in [0.25, 0.3) is 0 Å². The Kier molecular flexibility index (Phi) is 4.77. The van der Waals surface area contributed by atoms with Gasteiger partial charge in [0, 0.05) is 43.5 Å². The topological polar surface area (TPSA) is 87.9 Å². The second kappa shape index (κ2) is 7.09. The Morgan fingerprint density at radius 1 is 1.00 bits per heavy atom. The molecule has 2 aliphatic rings. The van der Waals surface area contributed by atoms with Crippen molar-refractivity contribution in [3.63, 3.8) is 0 Å². The van der Waals surface area contributed by atoms with E-state index in [1.54, 1.807) is 11.0 Å². The molecule has 1 aromatic carbocycles. The van der Waals surface area contributed by atoms with E-state index in [9.17, 15) is 18.0 Å². The Balaban J connectivity index is 1.49. The normalized spacial score (nSPS) is 19.6. The zero-order valence-corrected chi connectivity index (χ0v) is 15.8. The molecular formula is C19H22N2O5S. The molecule has 8 heteroatoms. The number of piperazine rings is 1. The van der Waals surface area contributed by atoms with Crippen molar-refractivity contribution in [1.29, 1.82) is 0 Å². The molecule has 27 heavy (non-hydrogen) atoms. The molecule has 0 bridgehead atoms. The van der Waals surface area contributed by atoms with Crippen LogP contribution in [0.2, 0.25) is 0 Å². The van der Waals surface area contributed by atoms with Crippen LogP contribution in [0.1, 0.15) is 25.7 Å². The van der Waals surface area contributed by atoms with Crippen molar-refractivity contribution in [3.8, 4) is 0 Å². The molecule has 1 aliphatic carbocycles. The van der Waals surface area contributed by atoms with Gasteiger partial charge in [0.1, 0.15) is 5.58 Å². The predicted octanol–water partition coefficient (Wildman–Crippen LogP) is 1.82. The molecule has 1 aliphatic heterocycles. The van der Waals surface area contributed by atoms with Crippen LogP contribution in [0.15, 0.2) is 44.4 Å². The van der Waals surface area contributed by atoms with E-state index in [1.165, 1.54) is 28.6 Å². The second-order valence-corrected chi connectivity index (χ2v) is 9.10. The molecule has 144 valence electrons. The van der Waals surface area contributed by atoms with E-state index in [2.05, 4.69) is 0 Å². The fourth-order valence-electron chi connectivity index (χ4n) is 3.94. The molecule has 2 aromatic rings. The van der Waals surface area contributed by atoms with Gasteiger partial charge in [0.15, 0.2) is 0 Å². The van der Waals surface area contributed by atoms with E-state index in [0.717, 1.165) is 25.7 Å². The number of hydrogen-bond donors (Lipinski definition) is 0. The van der Waals surface area contributed by atoms with Gasteiger partial charge in [-0.2, -0.15) is 4.31 Å². The third-order valence-corrected chi connectivity index (χ3v) is 7.38. The van der Waals surface area contributed by atoms with E-state index in [1.807, 2.05) is 0 Å². The van der Waals surface area contributed by atoms with Crippen LogP contribution in [-0.2, 0) is 14.8 Å². The first kappa shape index (κ1) is 18.2. The van der Waals surface area contributed by atoms with Gasteiger partial charge in [0.2, 0.25) is 15.9 Å². The molecular weight excluding hydrogens is 368 g/mol. The summed E-state index contributed by atoms with van der Waals surface area (Å²) in [5.74, 6) is 0.286. The second-order valence-electron chi connectivity index (χ2n) is 7.16. The van der Waals surface area contributed by atoms with Gasteiger partial charge in [-0.3, -0.25) is 4.79 Å². The predicted molar refractivity (Wildman–Crippen MR) is 99.8 cm³/mol. The molecule has 2 fully saturated rings. The van der Waals surface area contributed by atoms with Crippen LogP contribution in [0, 0.1) is 5.92 Å². The van der Waals surface area contributed by atoms with Crippen molar-refractivity contribution >= 4 is 26.9 Å². The molecule has 1 saturated carbocycles. The van der Waals surface area contributed by atoms with Gasteiger partial charge in [-0.25, -0.2) is 13.2 Å². The van der Waals surface area contributed by atoms with Crippen LogP contribution in [-0.4, -0.2) is 49.7 Å². The van der Waals surface area contributed by atoms with Crippen molar-refractivity contribution in [2.75, 3.05) is 26.2 Å². The Labute approximate surface area is 157 Å². The first-order valence-corrected chi connectivity index (χ1v) is 10.7. The summed E-state index contributed by atoms with van der Waals surface area (Å²) in [5.41, 5.74) is -0.116. The number of carbonyl (C=O) groups is 1. The lowest BCUT2D eigenvalue weighted by Crippen LogP contribution is -2.51. The molecule has 7 nitrogen and oxygen atoms in total. The molecule has 4 rings (SSSR count). The van der Waals surface area contributed by atoms with Crippen LogP contribution >= 0.6 is 0 Å². The summed E-state index contributed by atoms with van der Waals surface area (Å²) in [5, 5.41) is 0.561. The summed E-state index contributed by atoms with van der Waals surface area (Å²) in [4.78, 5) is 25.8. The highest BCUT2D eigenvalue weighted by molar-refractivity contribution is 7.89. The molecule has 1 aromatic heterocycles. The van der Waals surface area contributed by atoms with Gasteiger partial charge >= 0.3 is 5.63 Å². The number of carbonyl (C=O) groups excluding carboxylic acids is 1. The zero-order valence-electron chi connectivity index (χ0n) is 15.0. The van der Waals surface area contributed by atoms with Gasteiger partial charge in [-0.05, 0) is 37.1 Å². The minimum absolute atomic E-state index is 0.114. The average Bonchev–Trinajstić information content (AvgIpc) is 3.22. The maximum atomic E-state index is 13.0. The highest BCUT2D eigenvalue weighted by Crippen LogP contribution is 2.28. The van der Waals surface area contributed by atoms with E-state index in [0.29, 0.717) is 37.1 Å². The lowest BCUT2D eigenvalue weighted by atomic mass is 10.1. The van der Waals surface area contributed by atoms with Crippen LogP contribution < -0.4 is 5.63 Å². The summed E-state index contributed by atoms with van der Waals surface area (Å²) < 4.78 is 32.4. The van der Waals surface area contributed by atoms with Crippen molar-refractivity contribution < 1.29 is 17.6 Å².